The molecule has 2 amide bonds. The summed E-state index contributed by atoms with van der Waals surface area (Å²) in [5, 5.41) is 28.9. The van der Waals surface area contributed by atoms with Crippen molar-refractivity contribution in [2.24, 2.45) is 11.8 Å². The van der Waals surface area contributed by atoms with Crippen LogP contribution in [-0.4, -0.2) is 185 Å². The Kier molecular flexibility index (Phi) is 26.4. The number of esters is 2. The first-order valence-corrected chi connectivity index (χ1v) is 31.8. The molecule has 4 heterocycles. The van der Waals surface area contributed by atoms with E-state index < -0.39 is 0 Å². The van der Waals surface area contributed by atoms with Crippen molar-refractivity contribution in [2.75, 3.05) is 128 Å². The lowest BCUT2D eigenvalue weighted by molar-refractivity contribution is -0.149. The van der Waals surface area contributed by atoms with E-state index in [1.165, 1.54) is 11.1 Å². The fourth-order valence-corrected chi connectivity index (χ4v) is 12.1. The number of carbonyl (C=O) groups is 4. The van der Waals surface area contributed by atoms with Crippen LogP contribution in [0.3, 0.4) is 0 Å². The van der Waals surface area contributed by atoms with E-state index >= 15 is 0 Å². The van der Waals surface area contributed by atoms with Gasteiger partial charge >= 0.3 is 11.9 Å². The molecule has 0 spiro atoms. The predicted molar refractivity (Wildman–Crippen MR) is 339 cm³/mol. The normalized spacial score (nSPS) is 19.3. The van der Waals surface area contributed by atoms with Gasteiger partial charge in [-0.05, 0) is 151 Å². The fraction of sp³-hybridized carbons (Fsp3) is 0.545. The van der Waals surface area contributed by atoms with Crippen LogP contribution in [0.2, 0.25) is 0 Å². The maximum absolute atomic E-state index is 13.2. The number of aryl methyl sites for hydroxylation is 2. The van der Waals surface area contributed by atoms with E-state index in [1.54, 1.807) is 13.8 Å². The lowest BCUT2D eigenvalue weighted by atomic mass is 9.86. The summed E-state index contributed by atoms with van der Waals surface area (Å²) < 4.78 is 24.2. The number of carbonyl (C=O) groups excluding carboxylic acids is 4. The standard InChI is InChI=1S/C33H45N5O5.C27H35N5O2.C6H11ClO3/c1-3-43-31(40)23-42-18-17-36-13-15-37(16-14-36)21-26-9-12-30-29(20-26)34-33(35-32(41)27-6-4-5-24(2)19-27)38(30)28-10-7-25(22-39)8-11-28;1-19-3-2-4-22(15-19)26(34)30-27-29-24-16-21(17-31-13-11-28-12-14-31)7-10-25(24)32(27)23-8-5-20(18-33)6-9-23;1-2-10-6(8)5-9-4-3-7/h4-6,9,12,19-20,25,28,39H,3,7-8,10-11,13-18,21-23H2,1-2H3,(H,34,35,41);2-4,7,10,15-16,20,23,28,33H,5-6,8-9,11-14,17-18H2,1H3,(H,29,30,34);2-5H2,1H3. The number of aliphatic hydroxyl groups excluding tert-OH is 2. The molecule has 4 aliphatic rings. The van der Waals surface area contributed by atoms with Crippen LogP contribution in [0, 0.1) is 25.7 Å². The van der Waals surface area contributed by atoms with E-state index in [9.17, 15) is 29.4 Å². The first-order valence-electron chi connectivity index (χ1n) is 31.2. The number of ether oxygens (including phenoxy) is 4. The largest absolute Gasteiger partial charge is 0.464 e. The van der Waals surface area contributed by atoms with Crippen LogP contribution in [0.1, 0.15) is 120 Å². The molecule has 0 atom stereocenters. The van der Waals surface area contributed by atoms with Crippen LogP contribution in [-0.2, 0) is 41.6 Å². The quantitative estimate of drug-likeness (QED) is 0.0230. The number of aliphatic hydroxyl groups is 2. The fourth-order valence-electron chi connectivity index (χ4n) is 12.0. The number of imidazole rings is 2. The molecule has 472 valence electrons. The second-order valence-electron chi connectivity index (χ2n) is 23.2. The number of hydrogen-bond acceptors (Lipinski definition) is 16. The molecule has 0 unspecified atom stereocenters. The summed E-state index contributed by atoms with van der Waals surface area (Å²) in [5.41, 5.74) is 9.71. The van der Waals surface area contributed by atoms with Gasteiger partial charge in [-0.3, -0.25) is 34.9 Å². The van der Waals surface area contributed by atoms with Crippen LogP contribution in [0.25, 0.3) is 22.1 Å². The van der Waals surface area contributed by atoms with Crippen molar-refractivity contribution >= 4 is 69.3 Å². The number of nitrogens with one attached hydrogen (secondary N) is 3. The van der Waals surface area contributed by atoms with Gasteiger partial charge in [-0.1, -0.05) is 47.5 Å². The van der Waals surface area contributed by atoms with Crippen molar-refractivity contribution in [1.29, 1.82) is 0 Å². The van der Waals surface area contributed by atoms with E-state index in [4.69, 9.17) is 35.8 Å². The maximum Gasteiger partial charge on any atom is 0.332 e. The molecule has 87 heavy (non-hydrogen) atoms. The van der Waals surface area contributed by atoms with E-state index in [1.807, 2.05) is 62.4 Å². The summed E-state index contributed by atoms with van der Waals surface area (Å²) in [4.78, 5) is 65.4. The zero-order valence-corrected chi connectivity index (χ0v) is 52.1. The Hall–Kier alpha value is -6.33. The van der Waals surface area contributed by atoms with Crippen LogP contribution in [0.15, 0.2) is 84.9 Å². The molecule has 4 fully saturated rings. The monoisotopic (exact) mass is 1220 g/mol. The highest BCUT2D eigenvalue weighted by molar-refractivity contribution is 6.18. The summed E-state index contributed by atoms with van der Waals surface area (Å²) >= 11 is 5.28. The number of aromatic nitrogens is 4. The third kappa shape index (κ3) is 19.8. The summed E-state index contributed by atoms with van der Waals surface area (Å²) in [6, 6.07) is 28.8. The Morgan fingerprint density at radius 1 is 0.575 bits per heavy atom. The predicted octanol–water partition coefficient (Wildman–Crippen LogP) is 8.55. The number of rotatable bonds is 23. The minimum absolute atomic E-state index is 0.000556. The molecule has 20 nitrogen and oxygen atoms in total. The van der Waals surface area contributed by atoms with Gasteiger partial charge in [0.05, 0.1) is 48.5 Å². The van der Waals surface area contributed by atoms with Crippen molar-refractivity contribution in [3.8, 4) is 0 Å². The van der Waals surface area contributed by atoms with E-state index in [-0.39, 0.29) is 62.3 Å². The number of amides is 2. The van der Waals surface area contributed by atoms with Gasteiger partial charge in [0, 0.05) is 114 Å². The molecule has 4 aromatic carbocycles. The molecule has 2 aromatic heterocycles. The van der Waals surface area contributed by atoms with Crippen LogP contribution in [0.4, 0.5) is 11.9 Å². The van der Waals surface area contributed by atoms with Crippen LogP contribution < -0.4 is 16.0 Å². The van der Waals surface area contributed by atoms with Crippen molar-refractivity contribution in [3.05, 3.63) is 118 Å². The molecular weight excluding hydrogens is 1130 g/mol. The number of fused-ring (bicyclic) bond motifs is 2. The second-order valence-corrected chi connectivity index (χ2v) is 23.5. The van der Waals surface area contributed by atoms with E-state index in [0.717, 1.165) is 157 Å². The molecule has 0 bridgehead atoms. The van der Waals surface area contributed by atoms with Crippen molar-refractivity contribution < 1.29 is 48.3 Å². The average molecular weight is 1220 g/mol. The van der Waals surface area contributed by atoms with E-state index in [0.29, 0.717) is 67.2 Å². The first-order chi connectivity index (χ1) is 42.3. The molecule has 10 rings (SSSR count). The molecule has 5 N–H and O–H groups in total. The molecule has 2 saturated carbocycles. The Bertz CT molecular complexity index is 3140. The summed E-state index contributed by atoms with van der Waals surface area (Å²) in [6.07, 6.45) is 7.77. The Morgan fingerprint density at radius 3 is 1.44 bits per heavy atom. The molecule has 0 radical (unpaired) electrons. The summed E-state index contributed by atoms with van der Waals surface area (Å²) in [5.74, 6) is 1.38. The number of piperazine rings is 2. The Morgan fingerprint density at radius 2 is 1.01 bits per heavy atom. The SMILES string of the molecule is CCOC(=O)COCCCl.CCOC(=O)COCCN1CCN(Cc2ccc3c(c2)nc(NC(=O)c2cccc(C)c2)n3C2CCC(CO)CC2)CC1.Cc1cccc(C(=O)Nc2nc3cc(CN4CCNCC4)ccc3n2C2CCC(CO)CC2)c1. The molecule has 2 aliphatic heterocycles. The number of anilines is 2. The minimum atomic E-state index is -0.340. The van der Waals surface area contributed by atoms with Gasteiger partial charge in [-0.15, -0.1) is 11.6 Å². The van der Waals surface area contributed by atoms with Gasteiger partial charge in [0.15, 0.2) is 0 Å². The van der Waals surface area contributed by atoms with Gasteiger partial charge < -0.3 is 43.6 Å². The number of alkyl halides is 1. The summed E-state index contributed by atoms with van der Waals surface area (Å²) in [7, 11) is 0. The minimum Gasteiger partial charge on any atom is -0.464 e. The first kappa shape index (κ1) is 66.6. The van der Waals surface area contributed by atoms with Gasteiger partial charge in [0.1, 0.15) is 13.2 Å². The van der Waals surface area contributed by atoms with E-state index in [2.05, 4.69) is 80.9 Å². The van der Waals surface area contributed by atoms with Gasteiger partial charge in [0.2, 0.25) is 11.9 Å². The molecular formula is C66H91ClN10O10. The lowest BCUT2D eigenvalue weighted by Gasteiger charge is -2.34. The highest BCUT2D eigenvalue weighted by Gasteiger charge is 2.29. The highest BCUT2D eigenvalue weighted by Crippen LogP contribution is 2.39. The van der Waals surface area contributed by atoms with Gasteiger partial charge in [0.25, 0.3) is 11.8 Å². The van der Waals surface area contributed by atoms with Crippen LogP contribution in [0.5, 0.6) is 0 Å². The van der Waals surface area contributed by atoms with Crippen LogP contribution >= 0.6 is 11.6 Å². The highest BCUT2D eigenvalue weighted by atomic mass is 35.5. The van der Waals surface area contributed by atoms with Crippen molar-refractivity contribution in [2.45, 2.75) is 104 Å². The number of hydrogen-bond donors (Lipinski definition) is 5. The maximum atomic E-state index is 13.2. The average Bonchev–Trinajstić information content (AvgIpc) is 1.85. The second kappa shape index (κ2) is 34.4. The molecule has 6 aromatic rings. The van der Waals surface area contributed by atoms with Gasteiger partial charge in [-0.2, -0.15) is 0 Å². The summed E-state index contributed by atoms with van der Waals surface area (Å²) in [6.45, 7) is 20.2. The molecule has 2 aliphatic carbocycles. The molecule has 21 heteroatoms. The number of nitrogens with zero attached hydrogens (tertiary/aromatic N) is 7. The number of halogens is 1. The topological polar surface area (TPSA) is 227 Å². The Balaban J connectivity index is 0.000000199. The molecule has 2 saturated heterocycles. The number of benzene rings is 4. The third-order valence-electron chi connectivity index (χ3n) is 16.7. The third-order valence-corrected chi connectivity index (χ3v) is 16.9. The zero-order valence-electron chi connectivity index (χ0n) is 51.4. The van der Waals surface area contributed by atoms with Crippen molar-refractivity contribution in [1.82, 2.24) is 39.1 Å². The zero-order chi connectivity index (χ0) is 61.5. The lowest BCUT2D eigenvalue weighted by Crippen LogP contribution is -2.46. The van der Waals surface area contributed by atoms with Crippen molar-refractivity contribution in [3.63, 3.8) is 0 Å². The smallest absolute Gasteiger partial charge is 0.332 e. The Labute approximate surface area is 517 Å². The van der Waals surface area contributed by atoms with Gasteiger partial charge in [-0.25, -0.2) is 19.6 Å².